The second kappa shape index (κ2) is 10.0. The minimum absolute atomic E-state index is 0.304. The summed E-state index contributed by atoms with van der Waals surface area (Å²) in [5, 5.41) is 3.14. The van der Waals surface area contributed by atoms with Gasteiger partial charge in [-0.05, 0) is 25.2 Å². The number of unbranched alkanes of at least 4 members (excludes halogenated alkanes) is 5. The lowest BCUT2D eigenvalue weighted by Gasteiger charge is -2.20. The van der Waals surface area contributed by atoms with Crippen LogP contribution in [0.4, 0.5) is 0 Å². The molecule has 1 aliphatic rings. The smallest absolute Gasteiger partial charge is 0.188 e. The second-order valence-corrected chi connectivity index (χ2v) is 8.32. The molecule has 0 spiro atoms. The molecule has 0 aromatic carbocycles. The normalized spacial score (nSPS) is 19.6. The molecule has 1 fully saturated rings. The van der Waals surface area contributed by atoms with E-state index in [4.69, 9.17) is 5.73 Å². The van der Waals surface area contributed by atoms with Crippen LogP contribution in [0.5, 0.6) is 0 Å². The minimum atomic E-state index is -2.78. The summed E-state index contributed by atoms with van der Waals surface area (Å²) in [6.07, 6.45) is 9.03. The Bertz CT molecular complexity index is 393. The van der Waals surface area contributed by atoms with Crippen molar-refractivity contribution in [3.05, 3.63) is 0 Å². The molecule has 0 unspecified atom stereocenters. The predicted molar refractivity (Wildman–Crippen MR) is 89.2 cm³/mol. The van der Waals surface area contributed by atoms with Crippen molar-refractivity contribution in [1.82, 2.24) is 5.32 Å². The molecule has 1 saturated heterocycles. The van der Waals surface area contributed by atoms with Crippen molar-refractivity contribution in [3.8, 4) is 0 Å². The molecule has 1 aliphatic heterocycles. The summed E-state index contributed by atoms with van der Waals surface area (Å²) in [7, 11) is -2.78. The van der Waals surface area contributed by atoms with E-state index in [0.29, 0.717) is 29.9 Å². The monoisotopic (exact) mass is 317 g/mol. The molecule has 0 aliphatic carbocycles. The summed E-state index contributed by atoms with van der Waals surface area (Å²) in [5.74, 6) is 1.47. The highest BCUT2D eigenvalue weighted by molar-refractivity contribution is 7.91. The lowest BCUT2D eigenvalue weighted by Crippen LogP contribution is -2.33. The van der Waals surface area contributed by atoms with Crippen molar-refractivity contribution in [2.24, 2.45) is 16.6 Å². The van der Waals surface area contributed by atoms with Gasteiger partial charge in [-0.2, -0.15) is 0 Å². The molecule has 0 radical (unpaired) electrons. The lowest BCUT2D eigenvalue weighted by molar-refractivity contribution is 0.474. The zero-order valence-electron chi connectivity index (χ0n) is 13.3. The van der Waals surface area contributed by atoms with E-state index in [-0.39, 0.29) is 0 Å². The van der Waals surface area contributed by atoms with E-state index in [1.54, 1.807) is 0 Å². The fraction of sp³-hybridized carbons (Fsp3) is 0.933. The first kappa shape index (κ1) is 18.3. The first-order chi connectivity index (χ1) is 10.0. The van der Waals surface area contributed by atoms with Crippen LogP contribution in [-0.4, -0.2) is 39.0 Å². The number of guanidine groups is 1. The van der Waals surface area contributed by atoms with Gasteiger partial charge in [0, 0.05) is 13.1 Å². The van der Waals surface area contributed by atoms with E-state index in [1.807, 2.05) is 0 Å². The molecule has 0 atom stereocenters. The van der Waals surface area contributed by atoms with Crippen LogP contribution < -0.4 is 11.1 Å². The van der Waals surface area contributed by atoms with Crippen LogP contribution in [0, 0.1) is 5.92 Å². The van der Waals surface area contributed by atoms with Crippen LogP contribution in [0.3, 0.4) is 0 Å². The number of sulfone groups is 1. The Morgan fingerprint density at radius 1 is 1.14 bits per heavy atom. The molecule has 6 heteroatoms. The summed E-state index contributed by atoms with van der Waals surface area (Å²) >= 11 is 0. The quantitative estimate of drug-likeness (QED) is 0.387. The standard InChI is InChI=1S/C15H31N3O2S/c1-2-3-4-5-6-7-10-17-15(16)18-13-14-8-11-21(19,20)12-9-14/h14H,2-13H2,1H3,(H3,16,17,18). The average molecular weight is 317 g/mol. The molecule has 0 aromatic rings. The molecule has 0 bridgehead atoms. The topological polar surface area (TPSA) is 84.5 Å². The number of nitrogens with two attached hydrogens (primary N) is 1. The van der Waals surface area contributed by atoms with Crippen LogP contribution in [0.15, 0.2) is 4.99 Å². The summed E-state index contributed by atoms with van der Waals surface area (Å²) in [6, 6.07) is 0. The predicted octanol–water partition coefficient (Wildman–Crippen LogP) is 2.08. The Hall–Kier alpha value is -0.780. The molecular weight excluding hydrogens is 286 g/mol. The van der Waals surface area contributed by atoms with Crippen LogP contribution in [0.2, 0.25) is 0 Å². The van der Waals surface area contributed by atoms with Gasteiger partial charge in [-0.3, -0.25) is 4.99 Å². The first-order valence-corrected chi connectivity index (χ1v) is 10.1. The molecule has 0 amide bonds. The van der Waals surface area contributed by atoms with Gasteiger partial charge in [-0.15, -0.1) is 0 Å². The van der Waals surface area contributed by atoms with Gasteiger partial charge in [-0.1, -0.05) is 39.0 Å². The summed E-state index contributed by atoms with van der Waals surface area (Å²) in [6.45, 7) is 3.74. The van der Waals surface area contributed by atoms with Crippen LogP contribution in [0.1, 0.15) is 58.3 Å². The number of nitrogens with one attached hydrogen (secondary N) is 1. The fourth-order valence-electron chi connectivity index (χ4n) is 2.53. The Labute approximate surface area is 129 Å². The van der Waals surface area contributed by atoms with Crippen LogP contribution in [-0.2, 0) is 9.84 Å². The minimum Gasteiger partial charge on any atom is -0.370 e. The summed E-state index contributed by atoms with van der Waals surface area (Å²) in [4.78, 5) is 4.33. The van der Waals surface area contributed by atoms with Crippen molar-refractivity contribution in [3.63, 3.8) is 0 Å². The number of rotatable bonds is 9. The van der Waals surface area contributed by atoms with Gasteiger partial charge >= 0.3 is 0 Å². The average Bonchev–Trinajstić information content (AvgIpc) is 2.45. The zero-order chi connectivity index (χ0) is 15.6. The largest absolute Gasteiger partial charge is 0.370 e. The van der Waals surface area contributed by atoms with Gasteiger partial charge in [-0.25, -0.2) is 8.42 Å². The molecule has 0 aromatic heterocycles. The van der Waals surface area contributed by atoms with Gasteiger partial charge in [0.05, 0.1) is 11.5 Å². The highest BCUT2D eigenvalue weighted by atomic mass is 32.2. The Morgan fingerprint density at radius 3 is 2.43 bits per heavy atom. The van der Waals surface area contributed by atoms with Gasteiger partial charge in [0.1, 0.15) is 9.84 Å². The van der Waals surface area contributed by atoms with Crippen LogP contribution in [0.25, 0.3) is 0 Å². The molecule has 1 heterocycles. The van der Waals surface area contributed by atoms with E-state index in [2.05, 4.69) is 17.2 Å². The third-order valence-electron chi connectivity index (χ3n) is 4.03. The van der Waals surface area contributed by atoms with Crippen molar-refractivity contribution in [1.29, 1.82) is 0 Å². The molecule has 124 valence electrons. The number of hydrogen-bond acceptors (Lipinski definition) is 3. The van der Waals surface area contributed by atoms with Gasteiger partial charge < -0.3 is 11.1 Å². The van der Waals surface area contributed by atoms with E-state index in [9.17, 15) is 8.42 Å². The maximum absolute atomic E-state index is 11.3. The van der Waals surface area contributed by atoms with Crippen molar-refractivity contribution < 1.29 is 8.42 Å². The van der Waals surface area contributed by atoms with Gasteiger partial charge in [0.2, 0.25) is 0 Å². The molecule has 5 nitrogen and oxygen atoms in total. The van der Waals surface area contributed by atoms with Gasteiger partial charge in [0.15, 0.2) is 5.96 Å². The summed E-state index contributed by atoms with van der Waals surface area (Å²) in [5.41, 5.74) is 5.83. The number of hydrogen-bond donors (Lipinski definition) is 2. The molecule has 0 saturated carbocycles. The van der Waals surface area contributed by atoms with Crippen LogP contribution >= 0.6 is 0 Å². The highest BCUT2D eigenvalue weighted by Crippen LogP contribution is 2.18. The van der Waals surface area contributed by atoms with Crippen molar-refractivity contribution >= 4 is 15.8 Å². The Balaban J connectivity index is 2.05. The molecule has 1 rings (SSSR count). The van der Waals surface area contributed by atoms with E-state index in [1.165, 1.54) is 32.1 Å². The van der Waals surface area contributed by atoms with E-state index in [0.717, 1.165) is 25.8 Å². The first-order valence-electron chi connectivity index (χ1n) is 8.27. The summed E-state index contributed by atoms with van der Waals surface area (Å²) < 4.78 is 22.7. The molecule has 21 heavy (non-hydrogen) atoms. The maximum Gasteiger partial charge on any atom is 0.188 e. The van der Waals surface area contributed by atoms with E-state index < -0.39 is 9.84 Å². The van der Waals surface area contributed by atoms with Gasteiger partial charge in [0.25, 0.3) is 0 Å². The number of nitrogens with zero attached hydrogens (tertiary/aromatic N) is 1. The van der Waals surface area contributed by atoms with Crippen molar-refractivity contribution in [2.75, 3.05) is 24.6 Å². The maximum atomic E-state index is 11.3. The lowest BCUT2D eigenvalue weighted by atomic mass is 10.0. The SMILES string of the molecule is CCCCCCCCNC(N)=NCC1CCS(=O)(=O)CC1. The van der Waals surface area contributed by atoms with E-state index >= 15 is 0 Å². The Morgan fingerprint density at radius 2 is 1.76 bits per heavy atom. The number of aliphatic imine (C=N–C) groups is 1. The Kier molecular flexibility index (Phi) is 8.73. The molecule has 3 N–H and O–H groups in total. The molecular formula is C15H31N3O2S. The second-order valence-electron chi connectivity index (χ2n) is 6.02. The zero-order valence-corrected chi connectivity index (χ0v) is 14.1. The highest BCUT2D eigenvalue weighted by Gasteiger charge is 2.23. The third-order valence-corrected chi connectivity index (χ3v) is 5.75. The third kappa shape index (κ3) is 8.96. The fourth-order valence-corrected chi connectivity index (χ4v) is 4.12. The van der Waals surface area contributed by atoms with Crippen molar-refractivity contribution in [2.45, 2.75) is 58.3 Å².